The molecule has 1 nitrogen and oxygen atoms in total. The summed E-state index contributed by atoms with van der Waals surface area (Å²) >= 11 is 0. The van der Waals surface area contributed by atoms with Gasteiger partial charge in [-0.05, 0) is 58.2 Å². The van der Waals surface area contributed by atoms with Crippen molar-refractivity contribution in [1.29, 1.82) is 0 Å². The third kappa shape index (κ3) is 20.0. The van der Waals surface area contributed by atoms with Gasteiger partial charge in [-0.15, -0.1) is 0 Å². The van der Waals surface area contributed by atoms with Gasteiger partial charge in [-0.3, -0.25) is 0 Å². The van der Waals surface area contributed by atoms with Crippen LogP contribution in [0.4, 0.5) is 105 Å². The molecular formula is C68H69BF24FeNP3Si. The SMILES string of the molecule is CC(C)P(c1ccccc1[Si-](c1ccccc1P(C(C)C)C(C)C)c1ccccc1P(C(C)C)C(C)C)C(C)C.FC(F)(F)c1cc([B-](c2cc(C(F)(F)F)cc(C(F)(F)F)c2)(c2cc(C(F)(F)F)cc(C(F)(F)F)c2)c2cc(C(F)(F)F)cc(C(F)(F)F)c2)cc(C(F)(F)F)c1.N.[Fe+2]. The number of hydrogen-bond donors (Lipinski definition) is 1. The summed E-state index contributed by atoms with van der Waals surface area (Å²) in [6.45, 7) is 29.4. The summed E-state index contributed by atoms with van der Waals surface area (Å²) in [5, 5.41) is 9.89. The van der Waals surface area contributed by atoms with Crippen LogP contribution in [0, 0.1) is 0 Å². The van der Waals surface area contributed by atoms with Crippen LogP contribution in [0.1, 0.15) is 128 Å². The van der Waals surface area contributed by atoms with E-state index in [1.54, 1.807) is 31.5 Å². The van der Waals surface area contributed by atoms with E-state index in [1.807, 2.05) is 0 Å². The van der Waals surface area contributed by atoms with E-state index in [1.165, 1.54) is 0 Å². The second-order valence-electron chi connectivity index (χ2n) is 24.9. The molecule has 0 radical (unpaired) electrons. The zero-order chi connectivity index (χ0) is 73.6. The standard InChI is InChI=1S/C36H54P3Si.C32H12BF24.Fe.H3N/c1-25(2)37(26(3)4)31-19-13-16-22-34(31)40(35-23-17-14-20-32(35)38(27(5)6)28(7)8)36-24-18-15-21-33(36)39(29(9)10)30(11)12;34-25(35,36)13-1-14(26(37,38)39)6-21(5-13)33(22-7-15(27(40,41)42)2-16(8-22)28(43,44)45,23-9-17(29(46,47)48)3-18(10-23)30(49,50)51)24-11-19(31(52,53)54)4-20(12-24)32(55,56)57;;/h13-30H,1-12H3;1-12H;;1H3/q2*-1;+2;. The Morgan fingerprint density at radius 3 is 0.525 bits per heavy atom. The summed E-state index contributed by atoms with van der Waals surface area (Å²) in [7, 11) is -2.06. The van der Waals surface area contributed by atoms with Crippen molar-refractivity contribution in [1.82, 2.24) is 6.15 Å². The van der Waals surface area contributed by atoms with Gasteiger partial charge >= 0.3 is 66.5 Å². The smallest absolute Gasteiger partial charge is 0.344 e. The molecule has 0 bridgehead atoms. The van der Waals surface area contributed by atoms with E-state index in [0.29, 0.717) is 34.0 Å². The Hall–Kier alpha value is -5.09. The van der Waals surface area contributed by atoms with Crippen molar-refractivity contribution in [2.75, 3.05) is 0 Å². The van der Waals surface area contributed by atoms with Gasteiger partial charge < -0.3 is 6.15 Å². The second-order valence-corrected chi connectivity index (χ2v) is 37.4. The van der Waals surface area contributed by atoms with E-state index in [4.69, 9.17) is 0 Å². The largest absolute Gasteiger partial charge is 2.00 e. The molecule has 0 saturated carbocycles. The maximum Gasteiger partial charge on any atom is 2.00 e. The first kappa shape index (κ1) is 86.3. The minimum absolute atomic E-state index is 0. The van der Waals surface area contributed by atoms with E-state index in [0.717, 1.165) is 0 Å². The van der Waals surface area contributed by atoms with E-state index in [2.05, 4.69) is 156 Å². The van der Waals surface area contributed by atoms with Gasteiger partial charge in [0.1, 0.15) is 6.15 Å². The fourth-order valence-corrected chi connectivity index (χ4v) is 26.3. The summed E-state index contributed by atoms with van der Waals surface area (Å²) in [5.41, 5.74) is -26.2. The topological polar surface area (TPSA) is 35.0 Å². The zero-order valence-electron chi connectivity index (χ0n) is 54.9. The fourth-order valence-electron chi connectivity index (χ4n) is 12.7. The van der Waals surface area contributed by atoms with Crippen molar-refractivity contribution in [2.45, 2.75) is 166 Å². The number of rotatable bonds is 16. The molecule has 0 amide bonds. The van der Waals surface area contributed by atoms with Gasteiger partial charge in [0.2, 0.25) is 0 Å². The zero-order valence-corrected chi connectivity index (χ0v) is 59.7. The maximum absolute atomic E-state index is 14.2. The first-order valence-electron chi connectivity index (χ1n) is 30.0. The Morgan fingerprint density at radius 1 is 0.253 bits per heavy atom. The third-order valence-corrected chi connectivity index (χ3v) is 29.2. The van der Waals surface area contributed by atoms with E-state index < -0.39 is 204 Å². The molecule has 544 valence electrons. The maximum atomic E-state index is 14.2. The van der Waals surface area contributed by atoms with Crippen LogP contribution in [0.5, 0.6) is 0 Å². The molecule has 0 spiro atoms. The second kappa shape index (κ2) is 31.9. The fraction of sp³-hybridized carbons (Fsp3) is 0.382. The molecule has 7 aromatic carbocycles. The minimum Gasteiger partial charge on any atom is -0.344 e. The van der Waals surface area contributed by atoms with Gasteiger partial charge in [-0.25, -0.2) is 8.80 Å². The van der Waals surface area contributed by atoms with Crippen LogP contribution in [-0.2, 0) is 66.5 Å². The number of benzene rings is 7. The van der Waals surface area contributed by atoms with Crippen molar-refractivity contribution in [2.24, 2.45) is 0 Å². The Bertz CT molecular complexity index is 3260. The van der Waals surface area contributed by atoms with E-state index in [-0.39, 0.29) is 47.0 Å². The summed E-state index contributed by atoms with van der Waals surface area (Å²) in [6, 6.07) is 20.1. The van der Waals surface area contributed by atoms with Gasteiger partial charge in [-0.2, -0.15) is 143 Å². The summed E-state index contributed by atoms with van der Waals surface area (Å²) in [5.74, 6) is 0. The van der Waals surface area contributed by atoms with Crippen molar-refractivity contribution in [3.8, 4) is 0 Å². The molecule has 31 heteroatoms. The number of hydrogen-bond acceptors (Lipinski definition) is 1. The van der Waals surface area contributed by atoms with Crippen molar-refractivity contribution in [3.63, 3.8) is 0 Å². The first-order chi connectivity index (χ1) is 44.1. The number of halogens is 24. The van der Waals surface area contributed by atoms with Crippen LogP contribution in [0.25, 0.3) is 0 Å². The summed E-state index contributed by atoms with van der Waals surface area (Å²) < 4.78 is 341. The predicted octanol–water partition coefficient (Wildman–Crippen LogP) is 19.3. The first-order valence-corrected chi connectivity index (χ1v) is 35.9. The molecule has 3 N–H and O–H groups in total. The molecule has 0 heterocycles. The molecule has 0 aliphatic carbocycles. The van der Waals surface area contributed by atoms with Crippen LogP contribution in [-0.4, -0.2) is 48.9 Å². The molecular weight excluding hydrogens is 1470 g/mol. The Morgan fingerprint density at radius 2 is 0.394 bits per heavy atom. The Kier molecular flexibility index (Phi) is 27.8. The van der Waals surface area contributed by atoms with Gasteiger partial charge in [-0.1, -0.05) is 244 Å². The van der Waals surface area contributed by atoms with Crippen LogP contribution in [0.2, 0.25) is 0 Å². The van der Waals surface area contributed by atoms with Crippen LogP contribution in [0.3, 0.4) is 0 Å². The average molecular weight is 1540 g/mol. The molecule has 99 heavy (non-hydrogen) atoms. The van der Waals surface area contributed by atoms with Crippen molar-refractivity contribution < 1.29 is 122 Å². The molecule has 7 rings (SSSR count). The molecule has 7 aromatic rings. The van der Waals surface area contributed by atoms with E-state index >= 15 is 0 Å². The van der Waals surface area contributed by atoms with Gasteiger partial charge in [0.05, 0.1) is 44.5 Å². The average Bonchev–Trinajstić information content (AvgIpc) is 0.709. The molecule has 0 atom stereocenters. The molecule has 0 fully saturated rings. The predicted molar refractivity (Wildman–Crippen MR) is 350 cm³/mol. The molecule has 0 saturated heterocycles. The van der Waals surface area contributed by atoms with Gasteiger partial charge in [0, 0.05) is 0 Å². The van der Waals surface area contributed by atoms with E-state index in [9.17, 15) is 105 Å². The van der Waals surface area contributed by atoms with Crippen molar-refractivity contribution >= 4 is 92.0 Å². The monoisotopic (exact) mass is 1540 g/mol. The summed E-state index contributed by atoms with van der Waals surface area (Å²) in [4.78, 5) is 0. The van der Waals surface area contributed by atoms with Crippen LogP contribution < -0.4 is 59.5 Å². The molecule has 0 aromatic heterocycles. The quantitative estimate of drug-likeness (QED) is 0.0445. The normalized spacial score (nSPS) is 13.3. The van der Waals surface area contributed by atoms with Crippen molar-refractivity contribution in [3.05, 3.63) is 190 Å². The van der Waals surface area contributed by atoms with Crippen LogP contribution >= 0.6 is 23.8 Å². The Balaban J connectivity index is 0.000000437. The van der Waals surface area contributed by atoms with Crippen LogP contribution in [0.15, 0.2) is 146 Å². The van der Waals surface area contributed by atoms with Gasteiger partial charge in [0.25, 0.3) is 0 Å². The minimum atomic E-state index is -6.13. The molecule has 0 aliphatic rings. The number of alkyl halides is 24. The third-order valence-electron chi connectivity index (χ3n) is 16.1. The van der Waals surface area contributed by atoms with Gasteiger partial charge in [0.15, 0.2) is 0 Å². The molecule has 0 unspecified atom stereocenters. The molecule has 0 aliphatic heterocycles. The summed E-state index contributed by atoms with van der Waals surface area (Å²) in [6.07, 6.45) is -54.8. The Labute approximate surface area is 574 Å².